The van der Waals surface area contributed by atoms with Crippen LogP contribution >= 0.6 is 34.5 Å². The summed E-state index contributed by atoms with van der Waals surface area (Å²) >= 11 is 13.5. The monoisotopic (exact) mass is 491 g/mol. The third-order valence-corrected chi connectivity index (χ3v) is 6.52. The van der Waals surface area contributed by atoms with E-state index < -0.39 is 12.1 Å². The van der Waals surface area contributed by atoms with Crippen LogP contribution < -0.4 is 15.4 Å². The topological polar surface area (TPSA) is 96.5 Å². The number of likely N-dealkylation sites (tertiary alicyclic amines) is 1. The van der Waals surface area contributed by atoms with Gasteiger partial charge >= 0.3 is 6.03 Å². The van der Waals surface area contributed by atoms with Gasteiger partial charge in [0.25, 0.3) is 0 Å². The average Bonchev–Trinajstić information content (AvgIpc) is 3.46. The first-order valence-electron chi connectivity index (χ1n) is 9.76. The lowest BCUT2D eigenvalue weighted by Gasteiger charge is -2.24. The highest BCUT2D eigenvalue weighted by atomic mass is 35.5. The Labute approximate surface area is 198 Å². The summed E-state index contributed by atoms with van der Waals surface area (Å²) in [7, 11) is 1.60. The Morgan fingerprint density at radius 2 is 1.81 bits per heavy atom. The molecule has 2 heterocycles. The second-order valence-electron chi connectivity index (χ2n) is 7.01. The molecule has 0 spiro atoms. The molecule has 166 valence electrons. The van der Waals surface area contributed by atoms with E-state index in [9.17, 15) is 9.59 Å². The number of carbonyl (C=O) groups excluding carboxylic acids is 2. The van der Waals surface area contributed by atoms with E-state index in [0.717, 1.165) is 11.3 Å². The normalized spacial score (nSPS) is 15.5. The lowest BCUT2D eigenvalue weighted by atomic mass is 10.2. The molecule has 3 aromatic rings. The predicted molar refractivity (Wildman–Crippen MR) is 126 cm³/mol. The van der Waals surface area contributed by atoms with Gasteiger partial charge in [0.05, 0.1) is 22.8 Å². The van der Waals surface area contributed by atoms with Gasteiger partial charge < -0.3 is 15.0 Å². The molecule has 1 aliphatic heterocycles. The molecule has 1 fully saturated rings. The van der Waals surface area contributed by atoms with Crippen LogP contribution in [-0.2, 0) is 4.79 Å². The zero-order valence-electron chi connectivity index (χ0n) is 17.0. The van der Waals surface area contributed by atoms with E-state index >= 15 is 0 Å². The molecule has 0 bridgehead atoms. The number of nitrogens with zero attached hydrogens (tertiary/aromatic N) is 3. The lowest BCUT2D eigenvalue weighted by Crippen LogP contribution is -2.45. The van der Waals surface area contributed by atoms with E-state index in [4.69, 9.17) is 27.9 Å². The van der Waals surface area contributed by atoms with Gasteiger partial charge in [-0.25, -0.2) is 4.79 Å². The molecule has 8 nitrogen and oxygen atoms in total. The molecule has 2 N–H and O–H groups in total. The minimum Gasteiger partial charge on any atom is -0.497 e. The summed E-state index contributed by atoms with van der Waals surface area (Å²) < 4.78 is 5.16. The van der Waals surface area contributed by atoms with Crippen molar-refractivity contribution in [2.75, 3.05) is 24.3 Å². The Bertz CT molecular complexity index is 1120. The number of methoxy groups -OCH3 is 1. The second kappa shape index (κ2) is 9.72. The molecule has 3 amide bonds. The highest BCUT2D eigenvalue weighted by Gasteiger charge is 2.35. The van der Waals surface area contributed by atoms with E-state index in [-0.39, 0.29) is 5.91 Å². The highest BCUT2D eigenvalue weighted by Crippen LogP contribution is 2.31. The van der Waals surface area contributed by atoms with Gasteiger partial charge in [-0.1, -0.05) is 40.6 Å². The minimum atomic E-state index is -0.635. The number of halogens is 2. The molecule has 2 aromatic carbocycles. The molecule has 1 atom stereocenters. The Kier molecular flexibility index (Phi) is 6.78. The Morgan fingerprint density at radius 1 is 1.09 bits per heavy atom. The van der Waals surface area contributed by atoms with E-state index in [1.54, 1.807) is 25.3 Å². The van der Waals surface area contributed by atoms with Crippen molar-refractivity contribution in [3.8, 4) is 16.3 Å². The summed E-state index contributed by atoms with van der Waals surface area (Å²) in [5, 5.41) is 15.4. The summed E-state index contributed by atoms with van der Waals surface area (Å²) in [4.78, 5) is 27.2. The number of nitrogens with one attached hydrogen (secondary N) is 2. The van der Waals surface area contributed by atoms with Gasteiger partial charge in [0.2, 0.25) is 11.0 Å². The van der Waals surface area contributed by atoms with Gasteiger partial charge in [-0.3, -0.25) is 10.1 Å². The van der Waals surface area contributed by atoms with E-state index in [2.05, 4.69) is 20.8 Å². The van der Waals surface area contributed by atoms with Crippen molar-refractivity contribution in [1.29, 1.82) is 0 Å². The van der Waals surface area contributed by atoms with E-state index in [1.807, 2.05) is 24.3 Å². The average molecular weight is 492 g/mol. The fourth-order valence-corrected chi connectivity index (χ4v) is 4.63. The molecule has 11 heteroatoms. The van der Waals surface area contributed by atoms with Gasteiger partial charge in [0.1, 0.15) is 16.8 Å². The molecule has 0 aliphatic carbocycles. The SMILES string of the molecule is COc1ccc(-c2nnc(NC(=O)C3CCCN3C(=O)Nc3c(Cl)cccc3Cl)s2)cc1. The first kappa shape index (κ1) is 22.3. The van der Waals surface area contributed by atoms with E-state index in [1.165, 1.54) is 16.2 Å². The number of carbonyl (C=O) groups is 2. The number of hydrogen-bond acceptors (Lipinski definition) is 6. The van der Waals surface area contributed by atoms with Crippen molar-refractivity contribution in [3.63, 3.8) is 0 Å². The standard InChI is InChI=1S/C21H19Cl2N5O3S/c1-31-13-9-7-12(8-10-13)19-26-27-20(32-19)25-18(29)16-6-3-11-28(16)21(30)24-17-14(22)4-2-5-15(17)23/h2,4-5,7-10,16H,3,6,11H2,1H3,(H,24,30)(H,25,27,29). The molecule has 32 heavy (non-hydrogen) atoms. The van der Waals surface area contributed by atoms with Gasteiger partial charge in [-0.15, -0.1) is 10.2 Å². The van der Waals surface area contributed by atoms with Crippen LogP contribution in [0.2, 0.25) is 10.0 Å². The van der Waals surface area contributed by atoms with Crippen LogP contribution in [0.25, 0.3) is 10.6 Å². The molecular formula is C21H19Cl2N5O3S. The molecule has 1 saturated heterocycles. The van der Waals surface area contributed by atoms with Crippen molar-refractivity contribution in [2.24, 2.45) is 0 Å². The van der Waals surface area contributed by atoms with Gasteiger partial charge in [0, 0.05) is 12.1 Å². The largest absolute Gasteiger partial charge is 0.497 e. The maximum absolute atomic E-state index is 12.9. The van der Waals surface area contributed by atoms with Crippen LogP contribution in [0.1, 0.15) is 12.8 Å². The summed E-state index contributed by atoms with van der Waals surface area (Å²) in [6.07, 6.45) is 1.24. The van der Waals surface area contributed by atoms with Crippen LogP contribution in [-0.4, -0.2) is 46.7 Å². The first-order chi connectivity index (χ1) is 15.5. The summed E-state index contributed by atoms with van der Waals surface area (Å²) in [6.45, 7) is 0.444. The Balaban J connectivity index is 1.42. The van der Waals surface area contributed by atoms with Crippen LogP contribution in [0.15, 0.2) is 42.5 Å². The fraction of sp³-hybridized carbons (Fsp3) is 0.238. The smallest absolute Gasteiger partial charge is 0.322 e. The lowest BCUT2D eigenvalue weighted by molar-refractivity contribution is -0.119. The number of rotatable bonds is 5. The number of anilines is 2. The number of amides is 3. The van der Waals surface area contributed by atoms with Crippen LogP contribution in [0, 0.1) is 0 Å². The Hall–Kier alpha value is -2.88. The number of urea groups is 1. The zero-order chi connectivity index (χ0) is 22.7. The van der Waals surface area contributed by atoms with Crippen molar-refractivity contribution in [1.82, 2.24) is 15.1 Å². The molecule has 4 rings (SSSR count). The maximum atomic E-state index is 12.9. The van der Waals surface area contributed by atoms with Gasteiger partial charge in [0.15, 0.2) is 0 Å². The summed E-state index contributed by atoms with van der Waals surface area (Å²) in [5.74, 6) is 0.421. The molecule has 1 aliphatic rings. The van der Waals surface area contributed by atoms with Crippen LogP contribution in [0.5, 0.6) is 5.75 Å². The molecule has 1 unspecified atom stereocenters. The number of hydrogen-bond donors (Lipinski definition) is 2. The third-order valence-electron chi connectivity index (χ3n) is 5.00. The fourth-order valence-electron chi connectivity index (χ4n) is 3.39. The first-order valence-corrected chi connectivity index (χ1v) is 11.3. The third kappa shape index (κ3) is 4.79. The summed E-state index contributed by atoms with van der Waals surface area (Å²) in [6, 6.07) is 11.3. The number of benzene rings is 2. The van der Waals surface area contributed by atoms with Crippen molar-refractivity contribution < 1.29 is 14.3 Å². The van der Waals surface area contributed by atoms with Gasteiger partial charge in [-0.05, 0) is 49.2 Å². The van der Waals surface area contributed by atoms with Gasteiger partial charge in [-0.2, -0.15) is 0 Å². The highest BCUT2D eigenvalue weighted by molar-refractivity contribution is 7.18. The second-order valence-corrected chi connectivity index (χ2v) is 8.80. The maximum Gasteiger partial charge on any atom is 0.322 e. The van der Waals surface area contributed by atoms with Crippen LogP contribution in [0.4, 0.5) is 15.6 Å². The predicted octanol–water partition coefficient (Wildman–Crippen LogP) is 5.16. The number of aromatic nitrogens is 2. The zero-order valence-corrected chi connectivity index (χ0v) is 19.3. The number of para-hydroxylation sites is 1. The molecule has 0 saturated carbocycles. The van der Waals surface area contributed by atoms with Crippen molar-refractivity contribution >= 4 is 57.3 Å². The van der Waals surface area contributed by atoms with Crippen LogP contribution in [0.3, 0.4) is 0 Å². The van der Waals surface area contributed by atoms with E-state index in [0.29, 0.717) is 45.3 Å². The van der Waals surface area contributed by atoms with Crippen molar-refractivity contribution in [2.45, 2.75) is 18.9 Å². The molecular weight excluding hydrogens is 473 g/mol. The molecule has 1 aromatic heterocycles. The Morgan fingerprint density at radius 3 is 2.50 bits per heavy atom. The summed E-state index contributed by atoms with van der Waals surface area (Å²) in [5.41, 5.74) is 1.18. The molecule has 0 radical (unpaired) electrons. The number of ether oxygens (including phenoxy) is 1. The van der Waals surface area contributed by atoms with Crippen molar-refractivity contribution in [3.05, 3.63) is 52.5 Å². The quantitative estimate of drug-likeness (QED) is 0.513. The minimum absolute atomic E-state index is 0.319.